The molecule has 3 nitrogen and oxygen atoms in total. The average Bonchev–Trinajstić information content (AvgIpc) is 2.92. The third-order valence-electron chi connectivity index (χ3n) is 3.01. The molecule has 0 aliphatic heterocycles. The van der Waals surface area contributed by atoms with Crippen LogP contribution < -0.4 is 5.32 Å². The van der Waals surface area contributed by atoms with Gasteiger partial charge in [0.15, 0.2) is 0 Å². The summed E-state index contributed by atoms with van der Waals surface area (Å²) in [6, 6.07) is 11.3. The smallest absolute Gasteiger partial charge is 0.261 e. The molecule has 0 fully saturated rings. The molecule has 0 saturated carbocycles. The highest BCUT2D eigenvalue weighted by molar-refractivity contribution is 7.13. The van der Waals surface area contributed by atoms with E-state index < -0.39 is 0 Å². The van der Waals surface area contributed by atoms with E-state index in [-0.39, 0.29) is 18.6 Å². The van der Waals surface area contributed by atoms with Crippen LogP contribution in [0.2, 0.25) is 0 Å². The molecule has 0 aliphatic rings. The normalized spacial score (nSPS) is 11.4. The van der Waals surface area contributed by atoms with Crippen molar-refractivity contribution in [3.05, 3.63) is 57.3 Å². The van der Waals surface area contributed by atoms with Crippen molar-refractivity contribution in [2.45, 2.75) is 19.9 Å². The maximum atomic E-state index is 12.1. The Morgan fingerprint density at radius 1 is 1.38 bits per heavy atom. The second-order valence-electron chi connectivity index (χ2n) is 4.69. The van der Waals surface area contributed by atoms with Gasteiger partial charge in [0, 0.05) is 10.4 Å². The fourth-order valence-electron chi connectivity index (χ4n) is 1.94. The van der Waals surface area contributed by atoms with Gasteiger partial charge in [0.2, 0.25) is 0 Å². The summed E-state index contributed by atoms with van der Waals surface area (Å²) in [4.78, 5) is 14.0. The van der Waals surface area contributed by atoms with Crippen molar-refractivity contribution in [3.8, 4) is 11.8 Å². The van der Waals surface area contributed by atoms with Gasteiger partial charge in [-0.1, -0.05) is 24.0 Å². The Bertz CT molecular complexity index is 694. The number of rotatable bonds is 3. The number of carbonyl (C=O) groups is 1. The van der Waals surface area contributed by atoms with Gasteiger partial charge in [0.25, 0.3) is 5.91 Å². The lowest BCUT2D eigenvalue weighted by molar-refractivity contribution is 0.0944. The maximum Gasteiger partial charge on any atom is 0.261 e. The van der Waals surface area contributed by atoms with E-state index in [1.807, 2.05) is 50.2 Å². The number of benzene rings is 1. The molecule has 1 heterocycles. The molecule has 108 valence electrons. The van der Waals surface area contributed by atoms with E-state index in [1.165, 1.54) is 11.3 Å². The molecule has 2 aromatic rings. The quantitative estimate of drug-likeness (QED) is 0.856. The number of thiophene rings is 1. The maximum absolute atomic E-state index is 12.1. The number of aliphatic hydroxyl groups excluding tert-OH is 1. The van der Waals surface area contributed by atoms with Crippen molar-refractivity contribution < 1.29 is 9.90 Å². The Kier molecular flexibility index (Phi) is 5.15. The van der Waals surface area contributed by atoms with Crippen molar-refractivity contribution >= 4 is 17.2 Å². The van der Waals surface area contributed by atoms with E-state index in [4.69, 9.17) is 5.11 Å². The van der Waals surface area contributed by atoms with Crippen LogP contribution in [0.4, 0.5) is 0 Å². The molecule has 1 aromatic heterocycles. The number of amides is 1. The van der Waals surface area contributed by atoms with E-state index in [0.29, 0.717) is 0 Å². The molecule has 2 N–H and O–H groups in total. The fraction of sp³-hybridized carbons (Fsp3) is 0.235. The van der Waals surface area contributed by atoms with Gasteiger partial charge >= 0.3 is 0 Å². The van der Waals surface area contributed by atoms with Gasteiger partial charge in [0.05, 0.1) is 10.9 Å². The number of aryl methyl sites for hydroxylation is 1. The van der Waals surface area contributed by atoms with Gasteiger partial charge in [0.1, 0.15) is 6.61 Å². The minimum atomic E-state index is -0.158. The zero-order valence-electron chi connectivity index (χ0n) is 12.0. The number of aliphatic hydroxyl groups is 1. The van der Waals surface area contributed by atoms with E-state index >= 15 is 0 Å². The topological polar surface area (TPSA) is 49.3 Å². The summed E-state index contributed by atoms with van der Waals surface area (Å²) in [6.07, 6.45) is 0. The number of hydrogen-bond acceptors (Lipinski definition) is 3. The Labute approximate surface area is 128 Å². The molecular weight excluding hydrogens is 282 g/mol. The van der Waals surface area contributed by atoms with Crippen LogP contribution in [-0.4, -0.2) is 17.6 Å². The van der Waals surface area contributed by atoms with E-state index in [1.54, 1.807) is 0 Å². The Balaban J connectivity index is 2.09. The molecule has 21 heavy (non-hydrogen) atoms. The van der Waals surface area contributed by atoms with Gasteiger partial charge in [-0.15, -0.1) is 11.3 Å². The minimum Gasteiger partial charge on any atom is -0.384 e. The van der Waals surface area contributed by atoms with Crippen LogP contribution in [0.15, 0.2) is 36.4 Å². The van der Waals surface area contributed by atoms with Gasteiger partial charge in [-0.05, 0) is 43.7 Å². The van der Waals surface area contributed by atoms with Gasteiger partial charge in [-0.3, -0.25) is 4.79 Å². The minimum absolute atomic E-state index is 0.0626. The Morgan fingerprint density at radius 3 is 2.86 bits per heavy atom. The summed E-state index contributed by atoms with van der Waals surface area (Å²) in [7, 11) is 0. The molecule has 1 aromatic carbocycles. The summed E-state index contributed by atoms with van der Waals surface area (Å²) in [5.74, 6) is 5.42. The van der Waals surface area contributed by atoms with Crippen LogP contribution in [0.3, 0.4) is 0 Å². The summed E-state index contributed by atoms with van der Waals surface area (Å²) < 4.78 is 0. The standard InChI is InChI=1S/C17H17NO2S/c1-12-8-9-16(21-12)17(20)18-13(2)15-7-3-5-14(11-15)6-4-10-19/h3,5,7-9,11,13,19H,10H2,1-2H3,(H,18,20). The van der Waals surface area contributed by atoms with Crippen LogP contribution in [0, 0.1) is 18.8 Å². The largest absolute Gasteiger partial charge is 0.384 e. The fourth-order valence-corrected chi connectivity index (χ4v) is 2.71. The lowest BCUT2D eigenvalue weighted by Gasteiger charge is -2.14. The zero-order valence-corrected chi connectivity index (χ0v) is 12.8. The summed E-state index contributed by atoms with van der Waals surface area (Å²) in [5, 5.41) is 11.7. The van der Waals surface area contributed by atoms with Gasteiger partial charge < -0.3 is 10.4 Å². The van der Waals surface area contributed by atoms with Gasteiger partial charge in [-0.2, -0.15) is 0 Å². The first-order valence-corrected chi connectivity index (χ1v) is 7.49. The van der Waals surface area contributed by atoms with E-state index in [0.717, 1.165) is 20.9 Å². The molecule has 1 unspecified atom stereocenters. The highest BCUT2D eigenvalue weighted by atomic mass is 32.1. The van der Waals surface area contributed by atoms with Crippen molar-refractivity contribution in [2.75, 3.05) is 6.61 Å². The predicted octanol–water partition coefficient (Wildman–Crippen LogP) is 2.89. The predicted molar refractivity (Wildman–Crippen MR) is 85.3 cm³/mol. The molecular formula is C17H17NO2S. The average molecular weight is 299 g/mol. The Hall–Kier alpha value is -2.09. The number of nitrogens with one attached hydrogen (secondary N) is 1. The first kappa shape index (κ1) is 15.3. The first-order chi connectivity index (χ1) is 10.1. The molecule has 1 amide bonds. The monoisotopic (exact) mass is 299 g/mol. The van der Waals surface area contributed by atoms with Crippen molar-refractivity contribution in [2.24, 2.45) is 0 Å². The summed E-state index contributed by atoms with van der Waals surface area (Å²) in [6.45, 7) is 3.76. The SMILES string of the molecule is Cc1ccc(C(=O)NC(C)c2cccc(C#CCO)c2)s1. The van der Waals surface area contributed by atoms with Crippen molar-refractivity contribution in [3.63, 3.8) is 0 Å². The highest BCUT2D eigenvalue weighted by Gasteiger charge is 2.13. The Morgan fingerprint density at radius 2 is 2.19 bits per heavy atom. The third-order valence-corrected chi connectivity index (χ3v) is 4.01. The molecule has 1 atom stereocenters. The van der Waals surface area contributed by atoms with E-state index in [9.17, 15) is 4.79 Å². The molecule has 0 saturated heterocycles. The van der Waals surface area contributed by atoms with E-state index in [2.05, 4.69) is 17.2 Å². The summed E-state index contributed by atoms with van der Waals surface area (Å²) >= 11 is 1.49. The first-order valence-electron chi connectivity index (χ1n) is 6.67. The molecule has 0 aliphatic carbocycles. The lowest BCUT2D eigenvalue weighted by Crippen LogP contribution is -2.25. The second kappa shape index (κ2) is 7.07. The number of hydrogen-bond donors (Lipinski definition) is 2. The molecule has 4 heteroatoms. The third kappa shape index (κ3) is 4.19. The zero-order chi connectivity index (χ0) is 15.2. The molecule has 0 radical (unpaired) electrons. The van der Waals surface area contributed by atoms with Crippen molar-refractivity contribution in [1.82, 2.24) is 5.32 Å². The molecule has 0 bridgehead atoms. The van der Waals surface area contributed by atoms with Crippen LogP contribution in [-0.2, 0) is 0 Å². The van der Waals surface area contributed by atoms with Gasteiger partial charge in [-0.25, -0.2) is 0 Å². The lowest BCUT2D eigenvalue weighted by atomic mass is 10.1. The molecule has 2 rings (SSSR count). The second-order valence-corrected chi connectivity index (χ2v) is 5.98. The summed E-state index contributed by atoms with van der Waals surface area (Å²) in [5.41, 5.74) is 1.82. The highest BCUT2D eigenvalue weighted by Crippen LogP contribution is 2.18. The van der Waals surface area contributed by atoms with Crippen LogP contribution in [0.5, 0.6) is 0 Å². The number of carbonyl (C=O) groups excluding carboxylic acids is 1. The molecule has 0 spiro atoms. The van der Waals surface area contributed by atoms with Crippen molar-refractivity contribution in [1.29, 1.82) is 0 Å². The van der Waals surface area contributed by atoms with Crippen LogP contribution in [0.1, 0.15) is 38.6 Å². The van der Waals surface area contributed by atoms with Crippen LogP contribution >= 0.6 is 11.3 Å². The van der Waals surface area contributed by atoms with Crippen LogP contribution in [0.25, 0.3) is 0 Å².